The Balaban J connectivity index is 2.70. The van der Waals surface area contributed by atoms with Crippen molar-refractivity contribution in [1.82, 2.24) is 0 Å². The molecule has 106 valence electrons. The number of nitrogens with zero attached hydrogens (tertiary/aromatic N) is 1. The van der Waals surface area contributed by atoms with Gasteiger partial charge in [0.2, 0.25) is 0 Å². The summed E-state index contributed by atoms with van der Waals surface area (Å²) < 4.78 is 10.4. The number of methoxy groups -OCH3 is 1. The molecule has 0 aliphatic carbocycles. The average Bonchev–Trinajstić information content (AvgIpc) is 2.41. The second kappa shape index (κ2) is 8.31. The summed E-state index contributed by atoms with van der Waals surface area (Å²) in [6.45, 7) is 3.85. The predicted octanol–water partition coefficient (Wildman–Crippen LogP) is 2.83. The fourth-order valence-corrected chi connectivity index (χ4v) is 1.55. The van der Waals surface area contributed by atoms with E-state index in [1.807, 2.05) is 6.92 Å². The summed E-state index contributed by atoms with van der Waals surface area (Å²) in [5, 5.41) is 14.1. The van der Waals surface area contributed by atoms with E-state index in [0.29, 0.717) is 19.0 Å². The number of nitro benzene ring substituents is 1. The van der Waals surface area contributed by atoms with Gasteiger partial charge in [-0.05, 0) is 18.9 Å². The molecule has 0 saturated carbocycles. The van der Waals surface area contributed by atoms with Crippen molar-refractivity contribution >= 4 is 11.4 Å². The van der Waals surface area contributed by atoms with Gasteiger partial charge in [0, 0.05) is 38.1 Å². The van der Waals surface area contributed by atoms with Crippen LogP contribution in [-0.4, -0.2) is 31.8 Å². The highest BCUT2D eigenvalue weighted by atomic mass is 16.6. The van der Waals surface area contributed by atoms with Crippen LogP contribution < -0.4 is 10.1 Å². The summed E-state index contributed by atoms with van der Waals surface area (Å²) in [4.78, 5) is 10.5. The van der Waals surface area contributed by atoms with E-state index in [0.717, 1.165) is 25.1 Å². The summed E-state index contributed by atoms with van der Waals surface area (Å²) >= 11 is 0. The van der Waals surface area contributed by atoms with Crippen molar-refractivity contribution in [1.29, 1.82) is 0 Å². The second-order valence-electron chi connectivity index (χ2n) is 4.06. The zero-order valence-corrected chi connectivity index (χ0v) is 11.3. The molecule has 1 aromatic carbocycles. The Morgan fingerprint density at radius 1 is 1.37 bits per heavy atom. The van der Waals surface area contributed by atoms with Crippen molar-refractivity contribution in [3.05, 3.63) is 28.3 Å². The van der Waals surface area contributed by atoms with Crippen LogP contribution >= 0.6 is 0 Å². The molecule has 0 aliphatic heterocycles. The molecule has 1 aromatic rings. The number of rotatable bonds is 9. The molecule has 1 N–H and O–H groups in total. The summed E-state index contributed by atoms with van der Waals surface area (Å²) in [7, 11) is 1.66. The van der Waals surface area contributed by atoms with Crippen LogP contribution in [0.2, 0.25) is 0 Å². The lowest BCUT2D eigenvalue weighted by Crippen LogP contribution is -2.05. The van der Waals surface area contributed by atoms with Gasteiger partial charge in [-0.3, -0.25) is 10.1 Å². The number of hydrogen-bond acceptors (Lipinski definition) is 5. The molecule has 1 rings (SSSR count). The lowest BCUT2D eigenvalue weighted by Gasteiger charge is -2.09. The van der Waals surface area contributed by atoms with Crippen LogP contribution in [0, 0.1) is 10.1 Å². The molecule has 0 bridgehead atoms. The van der Waals surface area contributed by atoms with Crippen molar-refractivity contribution in [2.75, 3.05) is 32.2 Å². The van der Waals surface area contributed by atoms with E-state index in [4.69, 9.17) is 9.47 Å². The summed E-state index contributed by atoms with van der Waals surface area (Å²) in [6.07, 6.45) is 1.68. The molecule has 0 saturated heterocycles. The van der Waals surface area contributed by atoms with E-state index in [2.05, 4.69) is 5.32 Å². The molecular weight excluding hydrogens is 248 g/mol. The van der Waals surface area contributed by atoms with Gasteiger partial charge >= 0.3 is 5.69 Å². The zero-order chi connectivity index (χ0) is 14.1. The number of nitro groups is 1. The van der Waals surface area contributed by atoms with Crippen LogP contribution in [0.3, 0.4) is 0 Å². The van der Waals surface area contributed by atoms with Gasteiger partial charge in [0.1, 0.15) is 0 Å². The summed E-state index contributed by atoms with van der Waals surface area (Å²) in [5.74, 6) is 0.309. The molecule has 0 aromatic heterocycles. The van der Waals surface area contributed by atoms with Gasteiger partial charge in [-0.25, -0.2) is 0 Å². The minimum Gasteiger partial charge on any atom is -0.487 e. The standard InChI is InChI=1S/C13H20N2O4/c1-3-8-19-13-10-11(14-7-4-9-18-2)5-6-12(13)15(16)17/h5-6,10,14H,3-4,7-9H2,1-2H3. The highest BCUT2D eigenvalue weighted by molar-refractivity contribution is 5.57. The van der Waals surface area contributed by atoms with E-state index in [9.17, 15) is 10.1 Å². The first-order valence-corrected chi connectivity index (χ1v) is 6.33. The monoisotopic (exact) mass is 268 g/mol. The molecule has 6 heteroatoms. The van der Waals surface area contributed by atoms with Crippen LogP contribution in [0.25, 0.3) is 0 Å². The highest BCUT2D eigenvalue weighted by Gasteiger charge is 2.15. The van der Waals surface area contributed by atoms with Gasteiger partial charge in [-0.2, -0.15) is 0 Å². The van der Waals surface area contributed by atoms with E-state index in [1.54, 1.807) is 19.2 Å². The maximum atomic E-state index is 10.9. The fraction of sp³-hybridized carbons (Fsp3) is 0.538. The Labute approximate surface area is 112 Å². The highest BCUT2D eigenvalue weighted by Crippen LogP contribution is 2.30. The first kappa shape index (κ1) is 15.2. The Bertz CT molecular complexity index is 410. The first-order valence-electron chi connectivity index (χ1n) is 6.33. The molecule has 0 amide bonds. The Morgan fingerprint density at radius 3 is 2.79 bits per heavy atom. The number of nitrogens with one attached hydrogen (secondary N) is 1. The first-order chi connectivity index (χ1) is 9.19. The maximum absolute atomic E-state index is 10.9. The Hall–Kier alpha value is -1.82. The van der Waals surface area contributed by atoms with Crippen molar-refractivity contribution < 1.29 is 14.4 Å². The molecule has 0 unspecified atom stereocenters. The quantitative estimate of drug-likeness (QED) is 0.423. The van der Waals surface area contributed by atoms with Gasteiger partial charge in [-0.15, -0.1) is 0 Å². The third-order valence-electron chi connectivity index (χ3n) is 2.47. The third-order valence-corrected chi connectivity index (χ3v) is 2.47. The zero-order valence-electron chi connectivity index (χ0n) is 11.3. The van der Waals surface area contributed by atoms with Crippen LogP contribution in [-0.2, 0) is 4.74 Å². The molecular formula is C13H20N2O4. The number of hydrogen-bond donors (Lipinski definition) is 1. The van der Waals surface area contributed by atoms with E-state index in [-0.39, 0.29) is 5.69 Å². The van der Waals surface area contributed by atoms with E-state index >= 15 is 0 Å². The van der Waals surface area contributed by atoms with Gasteiger partial charge in [0.25, 0.3) is 0 Å². The number of anilines is 1. The van der Waals surface area contributed by atoms with Crippen LogP contribution in [0.15, 0.2) is 18.2 Å². The largest absolute Gasteiger partial charge is 0.487 e. The van der Waals surface area contributed by atoms with Crippen molar-refractivity contribution in [3.63, 3.8) is 0 Å². The SMILES string of the molecule is CCCOc1cc(NCCCOC)ccc1[N+](=O)[O-]. The van der Waals surface area contributed by atoms with E-state index in [1.165, 1.54) is 6.07 Å². The fourth-order valence-electron chi connectivity index (χ4n) is 1.55. The smallest absolute Gasteiger partial charge is 0.311 e. The lowest BCUT2D eigenvalue weighted by atomic mass is 10.2. The lowest BCUT2D eigenvalue weighted by molar-refractivity contribution is -0.385. The van der Waals surface area contributed by atoms with Crippen molar-refractivity contribution in [3.8, 4) is 5.75 Å². The van der Waals surface area contributed by atoms with Crippen LogP contribution in [0.1, 0.15) is 19.8 Å². The van der Waals surface area contributed by atoms with Gasteiger partial charge in [-0.1, -0.05) is 6.92 Å². The second-order valence-corrected chi connectivity index (χ2v) is 4.06. The third kappa shape index (κ3) is 5.13. The molecule has 0 aliphatic rings. The Morgan fingerprint density at radius 2 is 2.16 bits per heavy atom. The predicted molar refractivity (Wildman–Crippen MR) is 73.9 cm³/mol. The number of benzene rings is 1. The van der Waals surface area contributed by atoms with Crippen LogP contribution in [0.5, 0.6) is 5.75 Å². The molecule has 0 fully saturated rings. The van der Waals surface area contributed by atoms with Crippen molar-refractivity contribution in [2.24, 2.45) is 0 Å². The molecule has 0 heterocycles. The summed E-state index contributed by atoms with van der Waals surface area (Å²) in [5.41, 5.74) is 0.809. The van der Waals surface area contributed by atoms with E-state index < -0.39 is 4.92 Å². The molecule has 6 nitrogen and oxygen atoms in total. The van der Waals surface area contributed by atoms with Crippen molar-refractivity contribution in [2.45, 2.75) is 19.8 Å². The van der Waals surface area contributed by atoms with Crippen LogP contribution in [0.4, 0.5) is 11.4 Å². The topological polar surface area (TPSA) is 73.6 Å². The molecule has 0 spiro atoms. The van der Waals surface area contributed by atoms with Gasteiger partial charge in [0.15, 0.2) is 5.75 Å². The molecule has 19 heavy (non-hydrogen) atoms. The molecule has 0 atom stereocenters. The average molecular weight is 268 g/mol. The Kier molecular flexibility index (Phi) is 6.67. The molecule has 0 radical (unpaired) electrons. The van der Waals surface area contributed by atoms with Gasteiger partial charge in [0.05, 0.1) is 11.5 Å². The summed E-state index contributed by atoms with van der Waals surface area (Å²) in [6, 6.07) is 4.81. The minimum atomic E-state index is -0.431. The number of ether oxygens (including phenoxy) is 2. The van der Waals surface area contributed by atoms with Gasteiger partial charge < -0.3 is 14.8 Å². The normalized spacial score (nSPS) is 10.2. The maximum Gasteiger partial charge on any atom is 0.311 e. The minimum absolute atomic E-state index is 0.00380.